The second-order valence-electron chi connectivity index (χ2n) is 4.29. The first kappa shape index (κ1) is 18.4. The maximum absolute atomic E-state index is 11.3. The third kappa shape index (κ3) is 15.3. The molecule has 0 atom stereocenters. The molecule has 0 aliphatic carbocycles. The van der Waals surface area contributed by atoms with Crippen LogP contribution in [-0.4, -0.2) is 52.1 Å². The Hall–Kier alpha value is -0.650. The summed E-state index contributed by atoms with van der Waals surface area (Å²) >= 11 is 0. The molecule has 0 fully saturated rings. The molecule has 0 aromatic carbocycles. The minimum absolute atomic E-state index is 0.0129. The van der Waals surface area contributed by atoms with Crippen LogP contribution >= 0.6 is 0 Å². The van der Waals surface area contributed by atoms with Crippen molar-refractivity contribution in [1.29, 1.82) is 0 Å². The molecule has 1 N–H and O–H groups in total. The third-order valence-corrected chi connectivity index (χ3v) is 2.40. The summed E-state index contributed by atoms with van der Waals surface area (Å²) in [6.07, 6.45) is 3.64. The minimum atomic E-state index is 0.0129. The number of hydrogen-bond donors (Lipinski definition) is 1. The standard InChI is InChI=1S/C14H29NO4/c1-3-5-9-18-12-13-19-11-7-15-14(16)6-10-17-8-4-2/h3-13H2,1-2H3,(H,15,16). The van der Waals surface area contributed by atoms with Crippen LogP contribution in [-0.2, 0) is 19.0 Å². The van der Waals surface area contributed by atoms with E-state index in [0.717, 1.165) is 25.9 Å². The summed E-state index contributed by atoms with van der Waals surface area (Å²) in [5.41, 5.74) is 0. The SMILES string of the molecule is CCCCOCCOCCNC(=O)CCOCCC. The number of hydrogen-bond acceptors (Lipinski definition) is 4. The largest absolute Gasteiger partial charge is 0.381 e. The number of ether oxygens (including phenoxy) is 3. The summed E-state index contributed by atoms with van der Waals surface area (Å²) in [4.78, 5) is 11.3. The minimum Gasteiger partial charge on any atom is -0.381 e. The molecule has 5 nitrogen and oxygen atoms in total. The fraction of sp³-hybridized carbons (Fsp3) is 0.929. The molecular formula is C14H29NO4. The Morgan fingerprint density at radius 3 is 2.21 bits per heavy atom. The molecule has 0 unspecified atom stereocenters. The van der Waals surface area contributed by atoms with E-state index in [4.69, 9.17) is 14.2 Å². The van der Waals surface area contributed by atoms with Gasteiger partial charge < -0.3 is 19.5 Å². The molecule has 0 aromatic rings. The second-order valence-corrected chi connectivity index (χ2v) is 4.29. The number of nitrogens with one attached hydrogen (secondary N) is 1. The van der Waals surface area contributed by atoms with Crippen molar-refractivity contribution in [3.05, 3.63) is 0 Å². The molecule has 0 bridgehead atoms. The molecule has 0 aliphatic heterocycles. The van der Waals surface area contributed by atoms with Crippen molar-refractivity contribution in [3.63, 3.8) is 0 Å². The first-order chi connectivity index (χ1) is 9.31. The smallest absolute Gasteiger partial charge is 0.222 e. The number of carbonyl (C=O) groups is 1. The molecule has 5 heteroatoms. The van der Waals surface area contributed by atoms with E-state index in [-0.39, 0.29) is 5.91 Å². The summed E-state index contributed by atoms with van der Waals surface area (Å²) in [5.74, 6) is 0.0129. The highest BCUT2D eigenvalue weighted by atomic mass is 16.5. The van der Waals surface area contributed by atoms with Gasteiger partial charge in [0.2, 0.25) is 5.91 Å². The lowest BCUT2D eigenvalue weighted by Gasteiger charge is -2.07. The molecule has 0 saturated carbocycles. The Bertz CT molecular complexity index is 200. The number of unbranched alkanes of at least 4 members (excludes halogenated alkanes) is 1. The highest BCUT2D eigenvalue weighted by Crippen LogP contribution is 1.88. The van der Waals surface area contributed by atoms with E-state index in [1.54, 1.807) is 0 Å². The van der Waals surface area contributed by atoms with Gasteiger partial charge in [0.1, 0.15) is 0 Å². The first-order valence-electron chi connectivity index (χ1n) is 7.31. The van der Waals surface area contributed by atoms with E-state index in [1.165, 1.54) is 0 Å². The van der Waals surface area contributed by atoms with Gasteiger partial charge in [0.15, 0.2) is 0 Å². The van der Waals surface area contributed by atoms with E-state index in [2.05, 4.69) is 12.2 Å². The van der Waals surface area contributed by atoms with Gasteiger partial charge >= 0.3 is 0 Å². The molecule has 0 aliphatic rings. The Morgan fingerprint density at radius 2 is 1.53 bits per heavy atom. The third-order valence-electron chi connectivity index (χ3n) is 2.40. The van der Waals surface area contributed by atoms with Gasteiger partial charge in [-0.05, 0) is 12.8 Å². The Kier molecular flexibility index (Phi) is 14.9. The average molecular weight is 275 g/mol. The van der Waals surface area contributed by atoms with Crippen molar-refractivity contribution in [2.75, 3.05) is 46.2 Å². The fourth-order valence-corrected chi connectivity index (χ4v) is 1.33. The molecule has 19 heavy (non-hydrogen) atoms. The van der Waals surface area contributed by atoms with E-state index in [0.29, 0.717) is 46.0 Å². The molecule has 0 saturated heterocycles. The monoisotopic (exact) mass is 275 g/mol. The predicted octanol–water partition coefficient (Wildman–Crippen LogP) is 1.75. The van der Waals surface area contributed by atoms with E-state index < -0.39 is 0 Å². The van der Waals surface area contributed by atoms with Crippen LogP contribution < -0.4 is 5.32 Å². The highest BCUT2D eigenvalue weighted by molar-refractivity contribution is 5.75. The molecule has 114 valence electrons. The summed E-state index contributed by atoms with van der Waals surface area (Å²) in [6, 6.07) is 0. The summed E-state index contributed by atoms with van der Waals surface area (Å²) in [5, 5.41) is 2.79. The van der Waals surface area contributed by atoms with E-state index in [1.807, 2.05) is 6.92 Å². The normalized spacial score (nSPS) is 10.6. The van der Waals surface area contributed by atoms with Gasteiger partial charge in [-0.3, -0.25) is 4.79 Å². The first-order valence-corrected chi connectivity index (χ1v) is 7.31. The van der Waals surface area contributed by atoms with Gasteiger partial charge in [-0.25, -0.2) is 0 Å². The van der Waals surface area contributed by atoms with Crippen molar-refractivity contribution in [1.82, 2.24) is 5.32 Å². The van der Waals surface area contributed by atoms with Gasteiger partial charge in [0, 0.05) is 26.2 Å². The van der Waals surface area contributed by atoms with Crippen molar-refractivity contribution in [3.8, 4) is 0 Å². The van der Waals surface area contributed by atoms with Gasteiger partial charge in [-0.1, -0.05) is 20.3 Å². The summed E-state index contributed by atoms with van der Waals surface area (Å²) in [7, 11) is 0. The Balaban J connectivity index is 3.10. The predicted molar refractivity (Wildman–Crippen MR) is 75.3 cm³/mol. The maximum atomic E-state index is 11.3. The zero-order chi connectivity index (χ0) is 14.2. The quantitative estimate of drug-likeness (QED) is 0.491. The van der Waals surface area contributed by atoms with Crippen LogP contribution in [0.25, 0.3) is 0 Å². The van der Waals surface area contributed by atoms with Crippen LogP contribution in [0.1, 0.15) is 39.5 Å². The van der Waals surface area contributed by atoms with Crippen LogP contribution in [0, 0.1) is 0 Å². The van der Waals surface area contributed by atoms with Crippen molar-refractivity contribution in [2.45, 2.75) is 39.5 Å². The average Bonchev–Trinajstić information content (AvgIpc) is 2.42. The number of carbonyl (C=O) groups excluding carboxylic acids is 1. The lowest BCUT2D eigenvalue weighted by molar-refractivity contribution is -0.122. The number of amides is 1. The van der Waals surface area contributed by atoms with Crippen molar-refractivity contribution >= 4 is 5.91 Å². The second kappa shape index (κ2) is 15.4. The molecule has 0 radical (unpaired) electrons. The lowest BCUT2D eigenvalue weighted by atomic mass is 10.4. The molecule has 1 amide bonds. The van der Waals surface area contributed by atoms with Gasteiger partial charge in [0.25, 0.3) is 0 Å². The van der Waals surface area contributed by atoms with Crippen LogP contribution in [0.2, 0.25) is 0 Å². The van der Waals surface area contributed by atoms with Crippen LogP contribution in [0.5, 0.6) is 0 Å². The summed E-state index contributed by atoms with van der Waals surface area (Å²) < 4.78 is 15.9. The highest BCUT2D eigenvalue weighted by Gasteiger charge is 1.99. The van der Waals surface area contributed by atoms with Crippen LogP contribution in [0.15, 0.2) is 0 Å². The zero-order valence-electron chi connectivity index (χ0n) is 12.4. The fourth-order valence-electron chi connectivity index (χ4n) is 1.33. The Labute approximate surface area is 117 Å². The molecule has 0 heterocycles. The topological polar surface area (TPSA) is 56.8 Å². The van der Waals surface area contributed by atoms with Crippen LogP contribution in [0.3, 0.4) is 0 Å². The van der Waals surface area contributed by atoms with Gasteiger partial charge in [0.05, 0.1) is 26.4 Å². The zero-order valence-corrected chi connectivity index (χ0v) is 12.4. The molecule has 0 rings (SSSR count). The lowest BCUT2D eigenvalue weighted by Crippen LogP contribution is -2.28. The maximum Gasteiger partial charge on any atom is 0.222 e. The van der Waals surface area contributed by atoms with Gasteiger partial charge in [-0.15, -0.1) is 0 Å². The molecule has 0 spiro atoms. The van der Waals surface area contributed by atoms with E-state index in [9.17, 15) is 4.79 Å². The van der Waals surface area contributed by atoms with Crippen molar-refractivity contribution < 1.29 is 19.0 Å². The van der Waals surface area contributed by atoms with Crippen LogP contribution in [0.4, 0.5) is 0 Å². The molecule has 0 aromatic heterocycles. The van der Waals surface area contributed by atoms with E-state index >= 15 is 0 Å². The Morgan fingerprint density at radius 1 is 0.842 bits per heavy atom. The van der Waals surface area contributed by atoms with Gasteiger partial charge in [-0.2, -0.15) is 0 Å². The molecular weight excluding hydrogens is 246 g/mol. The van der Waals surface area contributed by atoms with Crippen molar-refractivity contribution in [2.24, 2.45) is 0 Å². The number of rotatable bonds is 14. The summed E-state index contributed by atoms with van der Waals surface area (Å²) in [6.45, 7) is 8.46.